The Morgan fingerprint density at radius 2 is 2.16 bits per heavy atom. The van der Waals surface area contributed by atoms with E-state index in [4.69, 9.17) is 21.4 Å². The molecule has 0 saturated carbocycles. The first-order valence-electron chi connectivity index (χ1n) is 7.43. The Morgan fingerprint density at radius 1 is 1.40 bits per heavy atom. The molecule has 0 aliphatic carbocycles. The lowest BCUT2D eigenvalue weighted by Crippen LogP contribution is -2.32. The van der Waals surface area contributed by atoms with Crippen molar-refractivity contribution in [2.24, 2.45) is 0 Å². The van der Waals surface area contributed by atoms with Gasteiger partial charge < -0.3 is 9.84 Å². The molecule has 1 aromatic carbocycles. The van der Waals surface area contributed by atoms with Crippen LogP contribution in [-0.4, -0.2) is 43.1 Å². The molecule has 0 bridgehead atoms. The molecule has 0 spiro atoms. The zero-order valence-corrected chi connectivity index (χ0v) is 16.7. The largest absolute Gasteiger partial charge is 0.494 e. The number of aromatic nitrogens is 1. The molecule has 136 valence electrons. The number of nitrogens with zero attached hydrogens (tertiary/aromatic N) is 2. The van der Waals surface area contributed by atoms with Gasteiger partial charge in [-0.05, 0) is 46.1 Å². The molecule has 6 nitrogen and oxygen atoms in total. The molecule has 1 heterocycles. The smallest absolute Gasteiger partial charge is 0.247 e. The summed E-state index contributed by atoms with van der Waals surface area (Å²) >= 11 is 9.31. The molecule has 1 N–H and O–H groups in total. The quantitative estimate of drug-likeness (QED) is 0.670. The minimum Gasteiger partial charge on any atom is -0.494 e. The number of aliphatic hydroxyl groups excluding tert-OH is 1. The van der Waals surface area contributed by atoms with Gasteiger partial charge in [0.1, 0.15) is 4.90 Å². The van der Waals surface area contributed by atoms with Crippen LogP contribution in [0.25, 0.3) is 0 Å². The highest BCUT2D eigenvalue weighted by molar-refractivity contribution is 9.10. The summed E-state index contributed by atoms with van der Waals surface area (Å²) in [5.74, 6) is 0.185. The predicted molar refractivity (Wildman–Crippen MR) is 99.2 cm³/mol. The second-order valence-corrected chi connectivity index (χ2v) is 8.39. The van der Waals surface area contributed by atoms with Crippen molar-refractivity contribution in [3.8, 4) is 5.75 Å². The Labute approximate surface area is 160 Å². The molecule has 1 aromatic heterocycles. The van der Waals surface area contributed by atoms with Crippen LogP contribution in [-0.2, 0) is 16.6 Å². The van der Waals surface area contributed by atoms with Crippen LogP contribution in [0.3, 0.4) is 0 Å². The highest BCUT2D eigenvalue weighted by Crippen LogP contribution is 2.37. The second kappa shape index (κ2) is 8.95. The van der Waals surface area contributed by atoms with Gasteiger partial charge in [-0.2, -0.15) is 4.31 Å². The van der Waals surface area contributed by atoms with Gasteiger partial charge in [0.15, 0.2) is 5.75 Å². The number of halogens is 2. The van der Waals surface area contributed by atoms with E-state index in [1.807, 2.05) is 0 Å². The summed E-state index contributed by atoms with van der Waals surface area (Å²) in [6, 6.07) is 6.45. The predicted octanol–water partition coefficient (Wildman–Crippen LogP) is 3.08. The number of sulfonamides is 1. The molecule has 2 rings (SSSR count). The molecule has 0 aliphatic rings. The number of hydrogen-bond acceptors (Lipinski definition) is 5. The number of ether oxygens (including phenoxy) is 1. The topological polar surface area (TPSA) is 79.7 Å². The van der Waals surface area contributed by atoms with Crippen LogP contribution in [0, 0.1) is 0 Å². The lowest BCUT2D eigenvalue weighted by Gasteiger charge is -2.23. The van der Waals surface area contributed by atoms with E-state index < -0.39 is 10.0 Å². The van der Waals surface area contributed by atoms with Crippen molar-refractivity contribution in [3.63, 3.8) is 0 Å². The van der Waals surface area contributed by atoms with Gasteiger partial charge >= 0.3 is 0 Å². The van der Waals surface area contributed by atoms with Crippen LogP contribution >= 0.6 is 27.5 Å². The zero-order valence-electron chi connectivity index (χ0n) is 13.5. The third-order valence-corrected chi connectivity index (χ3v) is 6.10. The van der Waals surface area contributed by atoms with Crippen molar-refractivity contribution in [1.29, 1.82) is 0 Å². The lowest BCUT2D eigenvalue weighted by atomic mass is 10.3. The highest BCUT2D eigenvalue weighted by atomic mass is 79.9. The fourth-order valence-electron chi connectivity index (χ4n) is 2.29. The maximum absolute atomic E-state index is 13.2. The van der Waals surface area contributed by atoms with Crippen LogP contribution in [0.2, 0.25) is 5.02 Å². The van der Waals surface area contributed by atoms with Crippen molar-refractivity contribution in [2.45, 2.75) is 17.9 Å². The second-order valence-electron chi connectivity index (χ2n) is 5.20. The van der Waals surface area contributed by atoms with E-state index in [2.05, 4.69) is 20.9 Å². The maximum Gasteiger partial charge on any atom is 0.247 e. The maximum atomic E-state index is 13.2. The van der Waals surface area contributed by atoms with Gasteiger partial charge in [-0.3, -0.25) is 4.98 Å². The van der Waals surface area contributed by atoms with Crippen LogP contribution in [0.15, 0.2) is 46.0 Å². The molecule has 0 amide bonds. The summed E-state index contributed by atoms with van der Waals surface area (Å²) in [7, 11) is -2.51. The van der Waals surface area contributed by atoms with Gasteiger partial charge in [-0.15, -0.1) is 0 Å². The summed E-state index contributed by atoms with van der Waals surface area (Å²) < 4.78 is 33.4. The average molecular weight is 450 g/mol. The molecule has 0 fully saturated rings. The standard InChI is InChI=1S/C16H18BrClN2O4S/c1-24-16-14(17)8-13(18)9-15(16)25(22,23)20(6-3-7-21)11-12-4-2-5-19-10-12/h2,4-5,8-10,21H,3,6-7,11H2,1H3. The Morgan fingerprint density at radius 3 is 2.76 bits per heavy atom. The van der Waals surface area contributed by atoms with E-state index in [1.54, 1.807) is 30.6 Å². The molecule has 0 atom stereocenters. The molecule has 25 heavy (non-hydrogen) atoms. The van der Waals surface area contributed by atoms with Crippen molar-refractivity contribution in [1.82, 2.24) is 9.29 Å². The van der Waals surface area contributed by atoms with E-state index in [1.165, 1.54) is 17.5 Å². The van der Waals surface area contributed by atoms with Gasteiger partial charge in [-0.25, -0.2) is 8.42 Å². The first-order chi connectivity index (χ1) is 11.9. The SMILES string of the molecule is COc1c(Br)cc(Cl)cc1S(=O)(=O)N(CCCO)Cc1cccnc1. The van der Waals surface area contributed by atoms with E-state index in [-0.39, 0.29) is 35.4 Å². The van der Waals surface area contributed by atoms with Gasteiger partial charge in [0.05, 0.1) is 11.6 Å². The van der Waals surface area contributed by atoms with Gasteiger partial charge in [0, 0.05) is 37.1 Å². The Hall–Kier alpha value is -1.19. The minimum absolute atomic E-state index is 0.0313. The van der Waals surface area contributed by atoms with E-state index >= 15 is 0 Å². The van der Waals surface area contributed by atoms with Gasteiger partial charge in [-0.1, -0.05) is 17.7 Å². The fourth-order valence-corrected chi connectivity index (χ4v) is 5.13. The van der Waals surface area contributed by atoms with E-state index in [0.717, 1.165) is 5.56 Å². The van der Waals surface area contributed by atoms with Crippen molar-refractivity contribution in [3.05, 3.63) is 51.7 Å². The lowest BCUT2D eigenvalue weighted by molar-refractivity contribution is 0.267. The summed E-state index contributed by atoms with van der Waals surface area (Å²) in [6.07, 6.45) is 3.53. The average Bonchev–Trinajstić information content (AvgIpc) is 2.58. The third kappa shape index (κ3) is 4.92. The number of hydrogen-bond donors (Lipinski definition) is 1. The Kier molecular flexibility index (Phi) is 7.21. The Balaban J connectivity index is 2.48. The fraction of sp³-hybridized carbons (Fsp3) is 0.312. The number of methoxy groups -OCH3 is 1. The molecular weight excluding hydrogens is 432 g/mol. The van der Waals surface area contributed by atoms with E-state index in [0.29, 0.717) is 10.9 Å². The van der Waals surface area contributed by atoms with Crippen LogP contribution in [0.1, 0.15) is 12.0 Å². The normalized spacial score (nSPS) is 11.7. The highest BCUT2D eigenvalue weighted by Gasteiger charge is 2.29. The number of pyridine rings is 1. The minimum atomic E-state index is -3.90. The summed E-state index contributed by atoms with van der Waals surface area (Å²) in [4.78, 5) is 3.98. The monoisotopic (exact) mass is 448 g/mol. The molecule has 0 saturated heterocycles. The van der Waals surface area contributed by atoms with Gasteiger partial charge in [0.25, 0.3) is 0 Å². The van der Waals surface area contributed by atoms with E-state index in [9.17, 15) is 8.42 Å². The summed E-state index contributed by atoms with van der Waals surface area (Å²) in [6.45, 7) is 0.167. The molecule has 0 aliphatic heterocycles. The zero-order chi connectivity index (χ0) is 18.4. The van der Waals surface area contributed by atoms with Crippen LogP contribution in [0.5, 0.6) is 5.75 Å². The first-order valence-corrected chi connectivity index (χ1v) is 10.0. The van der Waals surface area contributed by atoms with Gasteiger partial charge in [0.2, 0.25) is 10.0 Å². The van der Waals surface area contributed by atoms with Crippen LogP contribution in [0.4, 0.5) is 0 Å². The Bertz CT molecular complexity index is 818. The molecule has 2 aromatic rings. The molecule has 9 heteroatoms. The van der Waals surface area contributed by atoms with Crippen molar-refractivity contribution >= 4 is 37.6 Å². The molecular formula is C16H18BrClN2O4S. The molecule has 0 radical (unpaired) electrons. The first kappa shape index (κ1) is 20.1. The van der Waals surface area contributed by atoms with Crippen LogP contribution < -0.4 is 4.74 Å². The number of benzene rings is 1. The summed E-state index contributed by atoms with van der Waals surface area (Å²) in [5, 5.41) is 9.39. The number of aliphatic hydroxyl groups is 1. The number of rotatable bonds is 8. The third-order valence-electron chi connectivity index (χ3n) is 3.44. The molecule has 0 unspecified atom stereocenters. The van der Waals surface area contributed by atoms with Crippen molar-refractivity contribution < 1.29 is 18.3 Å². The van der Waals surface area contributed by atoms with Crippen molar-refractivity contribution in [2.75, 3.05) is 20.3 Å². The summed E-state index contributed by atoms with van der Waals surface area (Å²) in [5.41, 5.74) is 0.740.